The summed E-state index contributed by atoms with van der Waals surface area (Å²) in [5.74, 6) is -0.425. The van der Waals surface area contributed by atoms with Crippen molar-refractivity contribution in [2.24, 2.45) is 5.10 Å². The molecular weight excluding hydrogens is 531 g/mol. The highest BCUT2D eigenvalue weighted by Crippen LogP contribution is 2.28. The summed E-state index contributed by atoms with van der Waals surface area (Å²) < 4.78 is 28.8. The van der Waals surface area contributed by atoms with Crippen LogP contribution in [0, 0.1) is 13.8 Å². The van der Waals surface area contributed by atoms with Gasteiger partial charge in [-0.05, 0) is 74.5 Å². The number of hydrogen-bond acceptors (Lipinski definition) is 4. The van der Waals surface area contributed by atoms with E-state index in [-0.39, 0.29) is 4.90 Å². The molecule has 0 bridgehead atoms. The summed E-state index contributed by atoms with van der Waals surface area (Å²) >= 11 is 12.4. The minimum atomic E-state index is -3.71. The molecule has 1 N–H and O–H groups in total. The van der Waals surface area contributed by atoms with Crippen molar-refractivity contribution in [3.05, 3.63) is 111 Å². The van der Waals surface area contributed by atoms with Crippen LogP contribution < -0.4 is 9.73 Å². The van der Waals surface area contributed by atoms with Gasteiger partial charge in [0.05, 0.1) is 27.5 Å². The van der Waals surface area contributed by atoms with Crippen LogP contribution in [0.3, 0.4) is 0 Å². The SMILES string of the molecule is Cc1cc(/C=N\NC(=O)c2ccc(N(C)S(=O)(=O)c3ccccc3)cc2)c(C)n1-c1ccc(Cl)cc1Cl. The number of aryl methyl sites for hydroxylation is 1. The fraction of sp³-hybridized carbons (Fsp3) is 0.111. The monoisotopic (exact) mass is 554 g/mol. The standard InChI is InChI=1S/C27H24Cl2N4O3S/c1-18-15-21(19(2)33(18)26-14-11-22(28)16-25(26)29)17-30-31-27(34)20-9-12-23(13-10-20)32(3)37(35,36)24-7-5-4-6-8-24/h4-17H,1-3H3,(H,31,34)/b30-17-. The predicted octanol–water partition coefficient (Wildman–Crippen LogP) is 5.99. The maximum atomic E-state index is 12.8. The second-order valence-electron chi connectivity index (χ2n) is 8.29. The van der Waals surface area contributed by atoms with Crippen LogP contribution in [-0.4, -0.2) is 32.2 Å². The molecule has 0 saturated carbocycles. The molecule has 0 saturated heterocycles. The van der Waals surface area contributed by atoms with Crippen LogP contribution in [-0.2, 0) is 10.0 Å². The summed E-state index contributed by atoms with van der Waals surface area (Å²) in [6.07, 6.45) is 1.56. The summed E-state index contributed by atoms with van der Waals surface area (Å²) in [6.45, 7) is 3.88. The molecule has 0 fully saturated rings. The Balaban J connectivity index is 1.46. The molecule has 0 aliphatic carbocycles. The number of sulfonamides is 1. The molecule has 1 aromatic heterocycles. The Bertz CT molecular complexity index is 1580. The number of aromatic nitrogens is 1. The van der Waals surface area contributed by atoms with Crippen LogP contribution in [0.15, 0.2) is 88.9 Å². The molecular formula is C27H24Cl2N4O3S. The molecule has 0 unspecified atom stereocenters. The third-order valence-electron chi connectivity index (χ3n) is 5.89. The molecule has 3 aromatic carbocycles. The highest BCUT2D eigenvalue weighted by atomic mass is 35.5. The first-order valence-corrected chi connectivity index (χ1v) is 13.4. The number of anilines is 1. The van der Waals surface area contributed by atoms with Gasteiger partial charge in [-0.15, -0.1) is 0 Å². The van der Waals surface area contributed by atoms with E-state index in [1.807, 2.05) is 30.5 Å². The molecule has 0 spiro atoms. The molecule has 10 heteroatoms. The van der Waals surface area contributed by atoms with Crippen molar-refractivity contribution < 1.29 is 13.2 Å². The van der Waals surface area contributed by atoms with Gasteiger partial charge in [0.25, 0.3) is 15.9 Å². The maximum absolute atomic E-state index is 12.8. The van der Waals surface area contributed by atoms with Crippen molar-refractivity contribution in [2.45, 2.75) is 18.7 Å². The Morgan fingerprint density at radius 1 is 0.973 bits per heavy atom. The summed E-state index contributed by atoms with van der Waals surface area (Å²) in [6, 6.07) is 21.6. The smallest absolute Gasteiger partial charge is 0.271 e. The molecule has 7 nitrogen and oxygen atoms in total. The lowest BCUT2D eigenvalue weighted by molar-refractivity contribution is 0.0955. The largest absolute Gasteiger partial charge is 0.316 e. The van der Waals surface area contributed by atoms with Crippen molar-refractivity contribution >= 4 is 51.0 Å². The van der Waals surface area contributed by atoms with E-state index in [0.29, 0.717) is 21.3 Å². The fourth-order valence-corrected chi connectivity index (χ4v) is 5.60. The number of hydrogen-bond donors (Lipinski definition) is 1. The van der Waals surface area contributed by atoms with E-state index in [2.05, 4.69) is 10.5 Å². The molecule has 0 atom stereocenters. The molecule has 1 heterocycles. The lowest BCUT2D eigenvalue weighted by atomic mass is 10.2. The van der Waals surface area contributed by atoms with E-state index in [1.165, 1.54) is 23.5 Å². The molecule has 1 amide bonds. The number of rotatable bonds is 7. The fourth-order valence-electron chi connectivity index (χ4n) is 3.89. The Hall–Kier alpha value is -3.59. The van der Waals surface area contributed by atoms with Crippen molar-refractivity contribution in [2.75, 3.05) is 11.4 Å². The number of hydrazone groups is 1. The minimum Gasteiger partial charge on any atom is -0.316 e. The normalized spacial score (nSPS) is 11.6. The third kappa shape index (κ3) is 5.56. The number of amides is 1. The van der Waals surface area contributed by atoms with Crippen LogP contribution in [0.1, 0.15) is 27.3 Å². The zero-order valence-electron chi connectivity index (χ0n) is 20.3. The number of carbonyl (C=O) groups excluding carboxylic acids is 1. The highest BCUT2D eigenvalue weighted by molar-refractivity contribution is 7.92. The topological polar surface area (TPSA) is 83.8 Å². The Morgan fingerprint density at radius 2 is 1.65 bits per heavy atom. The van der Waals surface area contributed by atoms with Gasteiger partial charge >= 0.3 is 0 Å². The Kier molecular flexibility index (Phi) is 7.73. The minimum absolute atomic E-state index is 0.186. The van der Waals surface area contributed by atoms with Crippen LogP contribution >= 0.6 is 23.2 Å². The Labute approximate surface area is 226 Å². The zero-order valence-corrected chi connectivity index (χ0v) is 22.6. The summed E-state index contributed by atoms with van der Waals surface area (Å²) in [7, 11) is -2.24. The van der Waals surface area contributed by atoms with Crippen LogP contribution in [0.2, 0.25) is 10.0 Å². The number of benzene rings is 3. The van der Waals surface area contributed by atoms with E-state index >= 15 is 0 Å². The van der Waals surface area contributed by atoms with Gasteiger partial charge in [0.1, 0.15) is 0 Å². The van der Waals surface area contributed by atoms with Crippen molar-refractivity contribution in [3.8, 4) is 5.69 Å². The van der Waals surface area contributed by atoms with Crippen molar-refractivity contribution in [1.29, 1.82) is 0 Å². The molecule has 0 radical (unpaired) electrons. The van der Waals surface area contributed by atoms with Crippen molar-refractivity contribution in [1.82, 2.24) is 9.99 Å². The highest BCUT2D eigenvalue weighted by Gasteiger charge is 2.21. The second-order valence-corrected chi connectivity index (χ2v) is 11.1. The molecule has 4 aromatic rings. The molecule has 190 valence electrons. The number of halogens is 2. The second kappa shape index (κ2) is 10.8. The van der Waals surface area contributed by atoms with E-state index < -0.39 is 15.9 Å². The lowest BCUT2D eigenvalue weighted by Crippen LogP contribution is -2.26. The van der Waals surface area contributed by atoms with Crippen LogP contribution in [0.25, 0.3) is 5.69 Å². The predicted molar refractivity (Wildman–Crippen MR) is 149 cm³/mol. The summed E-state index contributed by atoms with van der Waals surface area (Å²) in [5, 5.41) is 5.18. The van der Waals surface area contributed by atoms with Gasteiger partial charge in [0.2, 0.25) is 0 Å². The number of nitrogens with one attached hydrogen (secondary N) is 1. The van der Waals surface area contributed by atoms with Gasteiger partial charge < -0.3 is 4.57 Å². The van der Waals surface area contributed by atoms with E-state index in [4.69, 9.17) is 23.2 Å². The van der Waals surface area contributed by atoms with Gasteiger partial charge in [0, 0.05) is 34.6 Å². The van der Waals surface area contributed by atoms with Gasteiger partial charge in [0.15, 0.2) is 0 Å². The van der Waals surface area contributed by atoms with Crippen LogP contribution in [0.4, 0.5) is 5.69 Å². The van der Waals surface area contributed by atoms with Gasteiger partial charge in [-0.25, -0.2) is 13.8 Å². The summed E-state index contributed by atoms with van der Waals surface area (Å²) in [4.78, 5) is 12.8. The van der Waals surface area contributed by atoms with Crippen LogP contribution in [0.5, 0.6) is 0 Å². The number of nitrogens with zero attached hydrogens (tertiary/aromatic N) is 3. The van der Waals surface area contributed by atoms with Gasteiger partial charge in [-0.3, -0.25) is 9.10 Å². The maximum Gasteiger partial charge on any atom is 0.271 e. The van der Waals surface area contributed by atoms with E-state index in [0.717, 1.165) is 22.6 Å². The average Bonchev–Trinajstić information content (AvgIpc) is 3.16. The molecule has 0 aliphatic heterocycles. The van der Waals surface area contributed by atoms with Gasteiger partial charge in [-0.1, -0.05) is 41.4 Å². The average molecular weight is 555 g/mol. The van der Waals surface area contributed by atoms with E-state index in [1.54, 1.807) is 60.8 Å². The Morgan fingerprint density at radius 3 is 2.30 bits per heavy atom. The van der Waals surface area contributed by atoms with E-state index in [9.17, 15) is 13.2 Å². The lowest BCUT2D eigenvalue weighted by Gasteiger charge is -2.19. The van der Waals surface area contributed by atoms with Gasteiger partial charge in [-0.2, -0.15) is 5.10 Å². The first-order chi connectivity index (χ1) is 17.6. The third-order valence-corrected chi connectivity index (χ3v) is 8.22. The van der Waals surface area contributed by atoms with Crippen molar-refractivity contribution in [3.63, 3.8) is 0 Å². The summed E-state index contributed by atoms with van der Waals surface area (Å²) in [5.41, 5.74) is 6.73. The first-order valence-electron chi connectivity index (χ1n) is 11.2. The molecule has 37 heavy (non-hydrogen) atoms. The quantitative estimate of drug-likeness (QED) is 0.225. The number of carbonyl (C=O) groups is 1. The zero-order chi connectivity index (χ0) is 26.7. The first kappa shape index (κ1) is 26.5. The molecule has 0 aliphatic rings. The molecule has 4 rings (SSSR count).